The van der Waals surface area contributed by atoms with Crippen LogP contribution in [0.15, 0.2) is 12.1 Å². The minimum atomic E-state index is -4.76. The van der Waals surface area contributed by atoms with Crippen molar-refractivity contribution < 1.29 is 22.8 Å². The number of benzene rings is 1. The molecule has 18 heavy (non-hydrogen) atoms. The van der Waals surface area contributed by atoms with Gasteiger partial charge in [-0.15, -0.1) is 0 Å². The van der Waals surface area contributed by atoms with E-state index in [2.05, 4.69) is 15.9 Å². The van der Waals surface area contributed by atoms with Crippen molar-refractivity contribution in [1.82, 2.24) is 0 Å². The lowest BCUT2D eigenvalue weighted by molar-refractivity contribution is -0.137. The molecular formula is C11H5BrF3NO2. The smallest absolute Gasteiger partial charge is 0.298 e. The molecule has 0 aliphatic carbocycles. The monoisotopic (exact) mass is 319 g/mol. The maximum atomic E-state index is 12.7. The first kappa shape index (κ1) is 14.4. The van der Waals surface area contributed by atoms with Crippen molar-refractivity contribution in [3.05, 3.63) is 34.4 Å². The summed E-state index contributed by atoms with van der Waals surface area (Å²) in [5.74, 6) is -0.658. The zero-order valence-electron chi connectivity index (χ0n) is 8.71. The highest BCUT2D eigenvalue weighted by atomic mass is 79.9. The molecule has 94 valence electrons. The second-order valence-electron chi connectivity index (χ2n) is 3.27. The molecule has 0 aliphatic heterocycles. The van der Waals surface area contributed by atoms with E-state index in [0.717, 1.165) is 6.07 Å². The van der Waals surface area contributed by atoms with E-state index in [1.165, 1.54) is 0 Å². The Labute approximate surface area is 108 Å². The molecule has 0 N–H and O–H groups in total. The molecule has 1 aromatic rings. The third-order valence-electron chi connectivity index (χ3n) is 2.16. The number of carbonyl (C=O) groups is 2. The van der Waals surface area contributed by atoms with Crippen molar-refractivity contribution in [3.8, 4) is 6.07 Å². The standard InChI is InChI=1S/C11H5BrF3NO2/c12-3-10(18)8-2-9(11(13,14)15)7(5-17)1-6(8)4-16/h1-2,5H,3H2. The SMILES string of the molecule is N#Cc1cc(C=O)c(C(F)(F)F)cc1C(=O)CBr. The summed E-state index contributed by atoms with van der Waals surface area (Å²) in [6, 6.07) is 2.90. The molecule has 0 aromatic heterocycles. The van der Waals surface area contributed by atoms with Crippen LogP contribution in [-0.2, 0) is 6.18 Å². The number of nitrogens with zero attached hydrogens (tertiary/aromatic N) is 1. The van der Waals surface area contributed by atoms with E-state index in [1.807, 2.05) is 0 Å². The van der Waals surface area contributed by atoms with E-state index >= 15 is 0 Å². The molecule has 1 aromatic carbocycles. The summed E-state index contributed by atoms with van der Waals surface area (Å²) in [6.07, 6.45) is -4.75. The number of aldehydes is 1. The molecule has 7 heteroatoms. The van der Waals surface area contributed by atoms with E-state index in [0.29, 0.717) is 6.07 Å². The molecule has 0 aliphatic rings. The highest BCUT2D eigenvalue weighted by Crippen LogP contribution is 2.33. The maximum absolute atomic E-state index is 12.7. The van der Waals surface area contributed by atoms with Crippen LogP contribution < -0.4 is 0 Å². The summed E-state index contributed by atoms with van der Waals surface area (Å²) >= 11 is 2.82. The maximum Gasteiger partial charge on any atom is 0.417 e. The minimum Gasteiger partial charge on any atom is -0.298 e. The normalized spacial score (nSPS) is 10.8. The number of hydrogen-bond donors (Lipinski definition) is 0. The van der Waals surface area contributed by atoms with Crippen LogP contribution in [0.1, 0.15) is 31.8 Å². The van der Waals surface area contributed by atoms with Gasteiger partial charge in [-0.05, 0) is 12.1 Å². The number of halogens is 4. The van der Waals surface area contributed by atoms with Crippen LogP contribution in [0.4, 0.5) is 13.2 Å². The van der Waals surface area contributed by atoms with E-state index in [1.54, 1.807) is 6.07 Å². The zero-order valence-corrected chi connectivity index (χ0v) is 10.3. The summed E-state index contributed by atoms with van der Waals surface area (Å²) < 4.78 is 38.0. The Morgan fingerprint density at radius 2 is 2.06 bits per heavy atom. The minimum absolute atomic E-state index is 0.00600. The van der Waals surface area contributed by atoms with Gasteiger partial charge in [0.15, 0.2) is 12.1 Å². The highest BCUT2D eigenvalue weighted by Gasteiger charge is 2.34. The lowest BCUT2D eigenvalue weighted by Gasteiger charge is -2.11. The van der Waals surface area contributed by atoms with Crippen molar-refractivity contribution in [2.45, 2.75) is 6.18 Å². The van der Waals surface area contributed by atoms with Gasteiger partial charge in [-0.3, -0.25) is 9.59 Å². The van der Waals surface area contributed by atoms with E-state index in [4.69, 9.17) is 5.26 Å². The van der Waals surface area contributed by atoms with Gasteiger partial charge in [-0.2, -0.15) is 18.4 Å². The van der Waals surface area contributed by atoms with Crippen LogP contribution in [-0.4, -0.2) is 17.4 Å². The molecule has 3 nitrogen and oxygen atoms in total. The Balaban J connectivity index is 3.60. The molecule has 0 radical (unpaired) electrons. The van der Waals surface area contributed by atoms with Gasteiger partial charge in [0.05, 0.1) is 22.5 Å². The number of rotatable bonds is 3. The molecule has 0 amide bonds. The van der Waals surface area contributed by atoms with Gasteiger partial charge >= 0.3 is 6.18 Å². The Morgan fingerprint density at radius 3 is 2.44 bits per heavy atom. The van der Waals surface area contributed by atoms with Crippen LogP contribution in [0.2, 0.25) is 0 Å². The van der Waals surface area contributed by atoms with E-state index < -0.39 is 23.1 Å². The second-order valence-corrected chi connectivity index (χ2v) is 3.83. The molecule has 0 atom stereocenters. The van der Waals surface area contributed by atoms with Gasteiger partial charge in [0, 0.05) is 11.1 Å². The first-order valence-electron chi connectivity index (χ1n) is 4.54. The largest absolute Gasteiger partial charge is 0.417 e. The van der Waals surface area contributed by atoms with Crippen molar-refractivity contribution in [2.75, 3.05) is 5.33 Å². The van der Waals surface area contributed by atoms with E-state index in [-0.39, 0.29) is 22.7 Å². The third kappa shape index (κ3) is 2.76. The number of carbonyl (C=O) groups excluding carboxylic acids is 2. The first-order valence-corrected chi connectivity index (χ1v) is 5.67. The fourth-order valence-electron chi connectivity index (χ4n) is 1.35. The predicted octanol–water partition coefficient (Wildman–Crippen LogP) is 2.97. The molecule has 0 heterocycles. The molecule has 0 bridgehead atoms. The average Bonchev–Trinajstić information content (AvgIpc) is 2.34. The van der Waals surface area contributed by atoms with Gasteiger partial charge in [-0.1, -0.05) is 15.9 Å². The van der Waals surface area contributed by atoms with Gasteiger partial charge in [0.2, 0.25) is 0 Å². The molecule has 0 spiro atoms. The summed E-state index contributed by atoms with van der Waals surface area (Å²) in [5.41, 5.74) is -2.49. The Hall–Kier alpha value is -1.68. The van der Waals surface area contributed by atoms with Crippen LogP contribution in [0, 0.1) is 11.3 Å². The topological polar surface area (TPSA) is 57.9 Å². The lowest BCUT2D eigenvalue weighted by atomic mass is 9.97. The number of ketones is 1. The van der Waals surface area contributed by atoms with Crippen LogP contribution in [0.5, 0.6) is 0 Å². The molecule has 0 fully saturated rings. The Kier molecular flexibility index (Phi) is 4.24. The molecular weight excluding hydrogens is 315 g/mol. The summed E-state index contributed by atoms with van der Waals surface area (Å²) in [6.45, 7) is 0. The molecule has 1 rings (SSSR count). The quantitative estimate of drug-likeness (QED) is 0.489. The van der Waals surface area contributed by atoms with Crippen molar-refractivity contribution >= 4 is 28.0 Å². The number of nitriles is 1. The van der Waals surface area contributed by atoms with E-state index in [9.17, 15) is 22.8 Å². The fraction of sp³-hybridized carbons (Fsp3) is 0.182. The summed E-state index contributed by atoms with van der Waals surface area (Å²) in [5, 5.41) is 8.55. The van der Waals surface area contributed by atoms with Crippen molar-refractivity contribution in [1.29, 1.82) is 5.26 Å². The third-order valence-corrected chi connectivity index (χ3v) is 2.67. The van der Waals surface area contributed by atoms with Gasteiger partial charge in [0.25, 0.3) is 0 Å². The zero-order chi connectivity index (χ0) is 13.9. The number of hydrogen-bond acceptors (Lipinski definition) is 3. The summed E-state index contributed by atoms with van der Waals surface area (Å²) in [4.78, 5) is 22.0. The molecule has 0 saturated carbocycles. The first-order chi connectivity index (χ1) is 8.35. The van der Waals surface area contributed by atoms with Crippen molar-refractivity contribution in [3.63, 3.8) is 0 Å². The van der Waals surface area contributed by atoms with Gasteiger partial charge in [0.1, 0.15) is 0 Å². The Morgan fingerprint density at radius 1 is 1.44 bits per heavy atom. The van der Waals surface area contributed by atoms with Crippen molar-refractivity contribution in [2.24, 2.45) is 0 Å². The van der Waals surface area contributed by atoms with Crippen LogP contribution >= 0.6 is 15.9 Å². The van der Waals surface area contributed by atoms with Gasteiger partial charge < -0.3 is 0 Å². The number of alkyl halides is 4. The molecule has 0 unspecified atom stereocenters. The number of Topliss-reactive ketones (excluding diaryl/α,β-unsaturated/α-hetero) is 1. The summed E-state index contributed by atoms with van der Waals surface area (Å²) in [7, 11) is 0. The lowest BCUT2D eigenvalue weighted by Crippen LogP contribution is -2.13. The predicted molar refractivity (Wildman–Crippen MR) is 59.7 cm³/mol. The second kappa shape index (κ2) is 5.31. The van der Waals surface area contributed by atoms with Crippen LogP contribution in [0.25, 0.3) is 0 Å². The highest BCUT2D eigenvalue weighted by molar-refractivity contribution is 9.09. The van der Waals surface area contributed by atoms with Crippen LogP contribution in [0.3, 0.4) is 0 Å². The average molecular weight is 320 g/mol. The molecule has 0 saturated heterocycles. The fourth-order valence-corrected chi connectivity index (χ4v) is 1.66. The Bertz CT molecular complexity index is 546. The van der Waals surface area contributed by atoms with Gasteiger partial charge in [-0.25, -0.2) is 0 Å².